The van der Waals surface area contributed by atoms with E-state index in [-0.39, 0.29) is 6.61 Å². The highest BCUT2D eigenvalue weighted by Gasteiger charge is 2.28. The number of carbonyl (C=O) groups is 1. The summed E-state index contributed by atoms with van der Waals surface area (Å²) in [6, 6.07) is 6.18. The Balaban J connectivity index is 2.85. The molecule has 100 valence electrons. The second-order valence-electron chi connectivity index (χ2n) is 3.67. The maximum Gasteiger partial charge on any atom is 0.325 e. The number of aliphatic hydroxyl groups is 1. The van der Waals surface area contributed by atoms with Crippen molar-refractivity contribution in [2.45, 2.75) is 18.8 Å². The van der Waals surface area contributed by atoms with Crippen LogP contribution in [0.25, 0.3) is 0 Å². The van der Waals surface area contributed by atoms with Crippen LogP contribution in [-0.2, 0) is 26.2 Å². The number of carbonyl (C=O) groups excluding carboxylic acids is 1. The predicted octanol–water partition coefficient (Wildman–Crippen LogP) is 0.482. The second-order valence-corrected chi connectivity index (χ2v) is 5.67. The zero-order valence-electron chi connectivity index (χ0n) is 10.1. The van der Waals surface area contributed by atoms with Crippen molar-refractivity contribution in [3.8, 4) is 0 Å². The fourth-order valence-corrected chi connectivity index (χ4v) is 2.21. The molecule has 1 aromatic carbocycles. The monoisotopic (exact) mass is 273 g/mol. The van der Waals surface area contributed by atoms with Gasteiger partial charge in [-0.15, -0.1) is 0 Å². The van der Waals surface area contributed by atoms with Crippen molar-refractivity contribution >= 4 is 21.7 Å². The number of nitrogens with one attached hydrogen (secondary N) is 1. The highest BCUT2D eigenvalue weighted by atomic mass is 32.2. The van der Waals surface area contributed by atoms with Gasteiger partial charge in [0.25, 0.3) is 0 Å². The van der Waals surface area contributed by atoms with Gasteiger partial charge in [-0.1, -0.05) is 12.1 Å². The molecule has 0 aromatic heterocycles. The van der Waals surface area contributed by atoms with Gasteiger partial charge in [-0.05, 0) is 24.6 Å². The van der Waals surface area contributed by atoms with Crippen LogP contribution >= 0.6 is 0 Å². The molecule has 6 nitrogen and oxygen atoms in total. The Kier molecular flexibility index (Phi) is 4.69. The highest BCUT2D eigenvalue weighted by molar-refractivity contribution is 7.94. The molecule has 1 unspecified atom stereocenters. The van der Waals surface area contributed by atoms with E-state index in [0.717, 1.165) is 7.11 Å². The average Bonchev–Trinajstić information content (AvgIpc) is 2.37. The Morgan fingerprint density at radius 3 is 2.39 bits per heavy atom. The molecular weight excluding hydrogens is 258 g/mol. The van der Waals surface area contributed by atoms with Crippen molar-refractivity contribution in [3.63, 3.8) is 0 Å². The van der Waals surface area contributed by atoms with Crippen LogP contribution in [0.5, 0.6) is 0 Å². The van der Waals surface area contributed by atoms with Crippen molar-refractivity contribution in [3.05, 3.63) is 29.8 Å². The molecule has 0 amide bonds. The molecule has 0 aliphatic rings. The maximum atomic E-state index is 11.8. The lowest BCUT2D eigenvalue weighted by atomic mass is 10.2. The minimum Gasteiger partial charge on any atom is -0.468 e. The summed E-state index contributed by atoms with van der Waals surface area (Å²) >= 11 is 0. The summed E-state index contributed by atoms with van der Waals surface area (Å²) in [5.74, 6) is -0.825. The minimum absolute atomic E-state index is 0.119. The van der Waals surface area contributed by atoms with Gasteiger partial charge >= 0.3 is 5.97 Å². The molecule has 0 bridgehead atoms. The lowest BCUT2D eigenvalue weighted by Gasteiger charge is -2.13. The molecule has 18 heavy (non-hydrogen) atoms. The van der Waals surface area contributed by atoms with E-state index in [2.05, 4.69) is 9.46 Å². The Morgan fingerprint density at radius 1 is 1.39 bits per heavy atom. The van der Waals surface area contributed by atoms with E-state index in [1.807, 2.05) is 0 Å². The SMILES string of the molecule is COC(=O)C(C)S(=O)(=O)Nc1ccc(CO)cc1. The summed E-state index contributed by atoms with van der Waals surface area (Å²) in [7, 11) is -2.70. The fourth-order valence-electron chi connectivity index (χ4n) is 1.22. The van der Waals surface area contributed by atoms with Crippen LogP contribution in [0.1, 0.15) is 12.5 Å². The van der Waals surface area contributed by atoms with Crippen LogP contribution in [0.2, 0.25) is 0 Å². The number of methoxy groups -OCH3 is 1. The number of ether oxygens (including phenoxy) is 1. The van der Waals surface area contributed by atoms with Gasteiger partial charge in [-0.2, -0.15) is 0 Å². The number of esters is 1. The van der Waals surface area contributed by atoms with E-state index < -0.39 is 21.2 Å². The summed E-state index contributed by atoms with van der Waals surface area (Å²) in [5, 5.41) is 7.56. The zero-order valence-corrected chi connectivity index (χ0v) is 10.9. The van der Waals surface area contributed by atoms with Gasteiger partial charge in [0.1, 0.15) is 0 Å². The Hall–Kier alpha value is -1.60. The molecule has 0 spiro atoms. The molecule has 0 saturated carbocycles. The van der Waals surface area contributed by atoms with Gasteiger partial charge < -0.3 is 9.84 Å². The third-order valence-electron chi connectivity index (χ3n) is 2.40. The van der Waals surface area contributed by atoms with Crippen molar-refractivity contribution in [2.24, 2.45) is 0 Å². The summed E-state index contributed by atoms with van der Waals surface area (Å²) in [6.07, 6.45) is 0. The van der Waals surface area contributed by atoms with E-state index in [1.54, 1.807) is 12.1 Å². The first kappa shape index (κ1) is 14.5. The zero-order chi connectivity index (χ0) is 13.8. The molecule has 7 heteroatoms. The molecule has 1 rings (SSSR count). The number of sulfonamides is 1. The summed E-state index contributed by atoms with van der Waals surface area (Å²) in [5.41, 5.74) is 0.988. The van der Waals surface area contributed by atoms with Gasteiger partial charge in [0.05, 0.1) is 13.7 Å². The standard InChI is InChI=1S/C11H15NO5S/c1-8(11(14)17-2)18(15,16)12-10-5-3-9(7-13)4-6-10/h3-6,8,12-13H,7H2,1-2H3. The smallest absolute Gasteiger partial charge is 0.325 e. The van der Waals surface area contributed by atoms with Crippen molar-refractivity contribution in [1.29, 1.82) is 0 Å². The van der Waals surface area contributed by atoms with E-state index in [9.17, 15) is 13.2 Å². The van der Waals surface area contributed by atoms with Gasteiger partial charge in [-0.25, -0.2) is 8.42 Å². The van der Waals surface area contributed by atoms with E-state index in [0.29, 0.717) is 11.3 Å². The molecule has 1 aromatic rings. The first-order valence-electron chi connectivity index (χ1n) is 5.20. The minimum atomic E-state index is -3.83. The first-order chi connectivity index (χ1) is 8.40. The topological polar surface area (TPSA) is 92.7 Å². The normalized spacial score (nSPS) is 12.8. The number of hydrogen-bond acceptors (Lipinski definition) is 5. The molecule has 0 saturated heterocycles. The molecular formula is C11H15NO5S. The molecule has 0 aliphatic carbocycles. The van der Waals surface area contributed by atoms with E-state index >= 15 is 0 Å². The van der Waals surface area contributed by atoms with Crippen LogP contribution in [0.4, 0.5) is 5.69 Å². The predicted molar refractivity (Wildman–Crippen MR) is 66.4 cm³/mol. The van der Waals surface area contributed by atoms with Gasteiger partial charge in [-0.3, -0.25) is 9.52 Å². The lowest BCUT2D eigenvalue weighted by molar-refractivity contribution is -0.139. The van der Waals surface area contributed by atoms with Gasteiger partial charge in [0.15, 0.2) is 5.25 Å². The molecule has 0 fully saturated rings. The summed E-state index contributed by atoms with van der Waals surface area (Å²) < 4.78 is 30.2. The van der Waals surface area contributed by atoms with Crippen LogP contribution in [0.3, 0.4) is 0 Å². The Bertz CT molecular complexity index is 509. The van der Waals surface area contributed by atoms with E-state index in [4.69, 9.17) is 5.11 Å². The van der Waals surface area contributed by atoms with E-state index in [1.165, 1.54) is 19.1 Å². The number of benzene rings is 1. The van der Waals surface area contributed by atoms with Crippen LogP contribution in [0.15, 0.2) is 24.3 Å². The first-order valence-corrected chi connectivity index (χ1v) is 6.74. The fraction of sp³-hybridized carbons (Fsp3) is 0.364. The second kappa shape index (κ2) is 5.83. The third-order valence-corrected chi connectivity index (χ3v) is 4.04. The highest BCUT2D eigenvalue weighted by Crippen LogP contribution is 2.14. The van der Waals surface area contributed by atoms with Gasteiger partial charge in [0.2, 0.25) is 10.0 Å². The molecule has 0 radical (unpaired) electrons. The Morgan fingerprint density at radius 2 is 1.94 bits per heavy atom. The molecule has 0 heterocycles. The average molecular weight is 273 g/mol. The van der Waals surface area contributed by atoms with Crippen molar-refractivity contribution in [2.75, 3.05) is 11.8 Å². The van der Waals surface area contributed by atoms with Gasteiger partial charge in [0, 0.05) is 5.69 Å². The molecule has 0 aliphatic heterocycles. The molecule has 2 N–H and O–H groups in total. The number of anilines is 1. The summed E-state index contributed by atoms with van der Waals surface area (Å²) in [4.78, 5) is 11.2. The number of hydrogen-bond donors (Lipinski definition) is 2. The van der Waals surface area contributed by atoms with Crippen LogP contribution in [-0.4, -0.2) is 31.9 Å². The Labute approximate surface area is 106 Å². The largest absolute Gasteiger partial charge is 0.468 e. The number of aliphatic hydroxyl groups excluding tert-OH is 1. The van der Waals surface area contributed by atoms with Crippen molar-refractivity contribution in [1.82, 2.24) is 0 Å². The lowest BCUT2D eigenvalue weighted by Crippen LogP contribution is -2.33. The third kappa shape index (κ3) is 3.44. The van der Waals surface area contributed by atoms with Crippen LogP contribution < -0.4 is 4.72 Å². The maximum absolute atomic E-state index is 11.8. The summed E-state index contributed by atoms with van der Waals surface area (Å²) in [6.45, 7) is 1.13. The molecule has 1 atom stereocenters. The number of rotatable bonds is 5. The van der Waals surface area contributed by atoms with Crippen LogP contribution in [0, 0.1) is 0 Å². The van der Waals surface area contributed by atoms with Crippen molar-refractivity contribution < 1.29 is 23.1 Å². The quantitative estimate of drug-likeness (QED) is 0.761.